The molecule has 0 aliphatic carbocycles. The normalized spacial score (nSPS) is 16.0. The molecular formula is C22H18Cl2N2O3. The van der Waals surface area contributed by atoms with Gasteiger partial charge in [0.1, 0.15) is 0 Å². The summed E-state index contributed by atoms with van der Waals surface area (Å²) in [7, 11) is 0. The fourth-order valence-corrected chi connectivity index (χ4v) is 3.98. The highest BCUT2D eigenvalue weighted by molar-refractivity contribution is 6.42. The highest BCUT2D eigenvalue weighted by atomic mass is 35.5. The van der Waals surface area contributed by atoms with Crippen molar-refractivity contribution in [2.24, 2.45) is 0 Å². The van der Waals surface area contributed by atoms with E-state index in [0.717, 1.165) is 11.1 Å². The van der Waals surface area contributed by atoms with Gasteiger partial charge in [-0.3, -0.25) is 9.59 Å². The first-order chi connectivity index (χ1) is 13.9. The average Bonchev–Trinajstić information content (AvgIpc) is 2.71. The van der Waals surface area contributed by atoms with Gasteiger partial charge in [-0.05, 0) is 29.7 Å². The van der Waals surface area contributed by atoms with Crippen LogP contribution in [0.2, 0.25) is 10.0 Å². The predicted molar refractivity (Wildman–Crippen MR) is 113 cm³/mol. The molecule has 5 nitrogen and oxygen atoms in total. The molecule has 0 saturated carbocycles. The second-order valence-corrected chi connectivity index (χ2v) is 7.87. The number of pyridine rings is 1. The Morgan fingerprint density at radius 2 is 1.72 bits per heavy atom. The van der Waals surface area contributed by atoms with Crippen molar-refractivity contribution < 1.29 is 9.90 Å². The molecule has 2 aromatic carbocycles. The van der Waals surface area contributed by atoms with Crippen molar-refractivity contribution in [1.82, 2.24) is 9.47 Å². The average molecular weight is 429 g/mol. The first-order valence-corrected chi connectivity index (χ1v) is 9.91. The third kappa shape index (κ3) is 3.88. The molecule has 3 aromatic rings. The summed E-state index contributed by atoms with van der Waals surface area (Å²) in [5.41, 5.74) is 1.36. The first-order valence-electron chi connectivity index (χ1n) is 9.15. The van der Waals surface area contributed by atoms with Crippen LogP contribution < -0.4 is 5.43 Å². The summed E-state index contributed by atoms with van der Waals surface area (Å²) in [4.78, 5) is 26.9. The minimum absolute atomic E-state index is 0.0156. The lowest BCUT2D eigenvalue weighted by molar-refractivity contribution is 0.0563. The number of amides is 1. The number of carbonyl (C=O) groups is 1. The van der Waals surface area contributed by atoms with E-state index in [-0.39, 0.29) is 18.3 Å². The molecule has 0 bridgehead atoms. The molecule has 7 heteroatoms. The van der Waals surface area contributed by atoms with Crippen LogP contribution in [0, 0.1) is 0 Å². The number of aromatic nitrogens is 1. The minimum atomic E-state index is -0.569. The summed E-state index contributed by atoms with van der Waals surface area (Å²) in [5.74, 6) is -0.909. The van der Waals surface area contributed by atoms with Crippen LogP contribution in [-0.4, -0.2) is 26.5 Å². The van der Waals surface area contributed by atoms with E-state index in [0.29, 0.717) is 23.0 Å². The molecule has 1 atom stereocenters. The van der Waals surface area contributed by atoms with Crippen molar-refractivity contribution in [3.05, 3.63) is 97.9 Å². The summed E-state index contributed by atoms with van der Waals surface area (Å²) in [6, 6.07) is 16.2. The Morgan fingerprint density at radius 3 is 2.45 bits per heavy atom. The molecule has 148 valence electrons. The summed E-state index contributed by atoms with van der Waals surface area (Å²) in [5, 5.41) is 11.1. The summed E-state index contributed by atoms with van der Waals surface area (Å²) < 4.78 is 1.65. The number of fused-ring (bicyclic) bond motifs is 1. The van der Waals surface area contributed by atoms with Crippen LogP contribution in [0.25, 0.3) is 0 Å². The Balaban J connectivity index is 1.74. The Hall–Kier alpha value is -2.76. The van der Waals surface area contributed by atoms with Crippen molar-refractivity contribution >= 4 is 29.1 Å². The zero-order valence-electron chi connectivity index (χ0n) is 15.4. The second kappa shape index (κ2) is 7.93. The number of aromatic hydroxyl groups is 1. The third-order valence-corrected chi connectivity index (χ3v) is 5.85. The molecule has 0 saturated heterocycles. The lowest BCUT2D eigenvalue weighted by atomic mass is 10.00. The van der Waals surface area contributed by atoms with Crippen LogP contribution in [0.15, 0.2) is 65.6 Å². The van der Waals surface area contributed by atoms with E-state index >= 15 is 0 Å². The van der Waals surface area contributed by atoms with E-state index in [2.05, 4.69) is 0 Å². The van der Waals surface area contributed by atoms with Gasteiger partial charge in [0, 0.05) is 25.4 Å². The van der Waals surface area contributed by atoms with Gasteiger partial charge in [-0.25, -0.2) is 0 Å². The van der Waals surface area contributed by atoms with Crippen LogP contribution in [0.5, 0.6) is 5.75 Å². The number of hydrogen-bond donors (Lipinski definition) is 1. The highest BCUT2D eigenvalue weighted by Crippen LogP contribution is 2.28. The fourth-order valence-electron chi connectivity index (χ4n) is 3.66. The van der Waals surface area contributed by atoms with Crippen molar-refractivity contribution in [1.29, 1.82) is 0 Å². The molecule has 4 rings (SSSR count). The smallest absolute Gasteiger partial charge is 0.275 e. The van der Waals surface area contributed by atoms with Gasteiger partial charge in [0.15, 0.2) is 11.4 Å². The number of halogens is 2. The van der Waals surface area contributed by atoms with Gasteiger partial charge in [-0.1, -0.05) is 59.6 Å². The van der Waals surface area contributed by atoms with Crippen molar-refractivity contribution in [3.63, 3.8) is 0 Å². The maximum absolute atomic E-state index is 13.3. The predicted octanol–water partition coefficient (Wildman–Crippen LogP) is 4.13. The summed E-state index contributed by atoms with van der Waals surface area (Å²) >= 11 is 12.1. The van der Waals surface area contributed by atoms with Crippen LogP contribution in [-0.2, 0) is 19.5 Å². The van der Waals surface area contributed by atoms with Crippen LogP contribution in [0.1, 0.15) is 21.6 Å². The number of rotatable bonds is 4. The SMILES string of the molecule is O=C1c2c(O)c(=O)ccn2CC(Cc2ccccc2)N1Cc1ccc(Cl)c(Cl)c1. The molecule has 1 aliphatic heterocycles. The van der Waals surface area contributed by atoms with Crippen LogP contribution in [0.4, 0.5) is 0 Å². The molecular weight excluding hydrogens is 411 g/mol. The molecule has 1 N–H and O–H groups in total. The van der Waals surface area contributed by atoms with Gasteiger partial charge in [-0.15, -0.1) is 0 Å². The Kier molecular flexibility index (Phi) is 5.35. The highest BCUT2D eigenvalue weighted by Gasteiger charge is 2.34. The summed E-state index contributed by atoms with van der Waals surface area (Å²) in [6.07, 6.45) is 2.20. The van der Waals surface area contributed by atoms with E-state index in [1.54, 1.807) is 27.8 Å². The van der Waals surface area contributed by atoms with Gasteiger partial charge in [-0.2, -0.15) is 0 Å². The van der Waals surface area contributed by atoms with E-state index in [9.17, 15) is 14.7 Å². The van der Waals surface area contributed by atoms with Gasteiger partial charge >= 0.3 is 0 Å². The van der Waals surface area contributed by atoms with Crippen molar-refractivity contribution in [2.45, 2.75) is 25.6 Å². The molecule has 29 heavy (non-hydrogen) atoms. The summed E-state index contributed by atoms with van der Waals surface area (Å²) in [6.45, 7) is 0.751. The molecule has 0 spiro atoms. The maximum Gasteiger partial charge on any atom is 0.275 e. The molecule has 1 amide bonds. The van der Waals surface area contributed by atoms with E-state index in [1.165, 1.54) is 6.07 Å². The number of nitrogens with zero attached hydrogens (tertiary/aromatic N) is 2. The number of benzene rings is 2. The number of carbonyl (C=O) groups excluding carboxylic acids is 1. The van der Waals surface area contributed by atoms with Crippen molar-refractivity contribution in [2.75, 3.05) is 0 Å². The molecule has 1 aliphatic rings. The lowest BCUT2D eigenvalue weighted by Crippen LogP contribution is -2.49. The van der Waals surface area contributed by atoms with Gasteiger partial charge < -0.3 is 14.6 Å². The Bertz CT molecular complexity index is 1130. The third-order valence-electron chi connectivity index (χ3n) is 5.11. The van der Waals surface area contributed by atoms with Crippen LogP contribution in [0.3, 0.4) is 0 Å². The van der Waals surface area contributed by atoms with Gasteiger partial charge in [0.05, 0.1) is 16.1 Å². The van der Waals surface area contributed by atoms with Crippen LogP contribution >= 0.6 is 23.2 Å². The molecule has 1 aromatic heterocycles. The maximum atomic E-state index is 13.3. The zero-order chi connectivity index (χ0) is 20.5. The van der Waals surface area contributed by atoms with Crippen molar-refractivity contribution in [3.8, 4) is 5.75 Å². The topological polar surface area (TPSA) is 62.5 Å². The molecule has 0 radical (unpaired) electrons. The number of hydrogen-bond acceptors (Lipinski definition) is 3. The second-order valence-electron chi connectivity index (χ2n) is 7.05. The molecule has 2 heterocycles. The van der Waals surface area contributed by atoms with E-state index < -0.39 is 17.1 Å². The van der Waals surface area contributed by atoms with E-state index in [4.69, 9.17) is 23.2 Å². The largest absolute Gasteiger partial charge is 0.503 e. The first kappa shape index (κ1) is 19.6. The Labute approximate surface area is 177 Å². The van der Waals surface area contributed by atoms with Gasteiger partial charge in [0.25, 0.3) is 5.91 Å². The Morgan fingerprint density at radius 1 is 0.966 bits per heavy atom. The standard InChI is InChI=1S/C22H18Cl2N2O3/c23-17-7-6-15(11-18(17)24)12-26-16(10-14-4-2-1-3-5-14)13-25-9-8-19(27)21(28)20(25)22(26)29/h1-9,11,16,28H,10,12-13H2. The van der Waals surface area contributed by atoms with E-state index in [1.807, 2.05) is 36.4 Å². The molecule has 1 unspecified atom stereocenters. The fraction of sp³-hybridized carbons (Fsp3) is 0.182. The zero-order valence-corrected chi connectivity index (χ0v) is 16.9. The monoisotopic (exact) mass is 428 g/mol. The minimum Gasteiger partial charge on any atom is -0.503 e. The van der Waals surface area contributed by atoms with Gasteiger partial charge in [0.2, 0.25) is 5.43 Å². The quantitative estimate of drug-likeness (QED) is 0.679. The lowest BCUT2D eigenvalue weighted by Gasteiger charge is -2.38. The molecule has 0 fully saturated rings.